The molecule has 0 spiro atoms. The van der Waals surface area contributed by atoms with Crippen molar-refractivity contribution in [3.05, 3.63) is 58.3 Å². The van der Waals surface area contributed by atoms with E-state index in [-0.39, 0.29) is 29.9 Å². The zero-order valence-corrected chi connectivity index (χ0v) is 18.6. The second-order valence-corrected chi connectivity index (χ2v) is 10.3. The third kappa shape index (κ3) is 5.57. The van der Waals surface area contributed by atoms with Gasteiger partial charge in [-0.1, -0.05) is 13.0 Å². The zero-order valence-electron chi connectivity index (χ0n) is 16.2. The van der Waals surface area contributed by atoms with E-state index in [4.69, 9.17) is 0 Å². The standard InChI is InChI=1S/C21H24BrFN2O3S/c1-2-29(27,28)18-6-4-17(5-7-18)25-11-9-16(10-12-25)24-21(26)14-15-3-8-20(23)19(22)13-15/h3-8,13,16H,2,9-12,14H2,1H3,(H,24,26). The lowest BCUT2D eigenvalue weighted by Crippen LogP contribution is -2.45. The maximum Gasteiger partial charge on any atom is 0.224 e. The molecule has 3 rings (SSSR count). The van der Waals surface area contributed by atoms with Gasteiger partial charge in [-0.3, -0.25) is 4.79 Å². The molecule has 156 valence electrons. The molecule has 1 N–H and O–H groups in total. The van der Waals surface area contributed by atoms with Gasteiger partial charge in [0, 0.05) is 24.8 Å². The van der Waals surface area contributed by atoms with Gasteiger partial charge in [0.05, 0.1) is 21.5 Å². The molecule has 0 atom stereocenters. The van der Waals surface area contributed by atoms with E-state index in [0.29, 0.717) is 9.37 Å². The second-order valence-electron chi connectivity index (χ2n) is 7.15. The lowest BCUT2D eigenvalue weighted by molar-refractivity contribution is -0.121. The number of nitrogens with one attached hydrogen (secondary N) is 1. The average Bonchev–Trinajstić information content (AvgIpc) is 2.71. The van der Waals surface area contributed by atoms with Gasteiger partial charge in [-0.15, -0.1) is 0 Å². The number of carbonyl (C=O) groups is 1. The Morgan fingerprint density at radius 3 is 2.41 bits per heavy atom. The lowest BCUT2D eigenvalue weighted by Gasteiger charge is -2.34. The summed E-state index contributed by atoms with van der Waals surface area (Å²) in [6.07, 6.45) is 1.84. The number of piperidine rings is 1. The minimum absolute atomic E-state index is 0.0731. The van der Waals surface area contributed by atoms with Gasteiger partial charge >= 0.3 is 0 Å². The van der Waals surface area contributed by atoms with Gasteiger partial charge in [0.1, 0.15) is 5.82 Å². The Hall–Kier alpha value is -1.93. The van der Waals surface area contributed by atoms with E-state index in [0.717, 1.165) is 37.2 Å². The first-order chi connectivity index (χ1) is 13.8. The molecule has 1 amide bonds. The first kappa shape index (κ1) is 21.8. The van der Waals surface area contributed by atoms with E-state index in [2.05, 4.69) is 26.1 Å². The number of benzene rings is 2. The summed E-state index contributed by atoms with van der Waals surface area (Å²) < 4.78 is 37.5. The fraction of sp³-hybridized carbons (Fsp3) is 0.381. The Bertz CT molecular complexity index is 972. The molecule has 2 aromatic carbocycles. The van der Waals surface area contributed by atoms with Crippen LogP contribution in [-0.2, 0) is 21.1 Å². The van der Waals surface area contributed by atoms with Crippen molar-refractivity contribution in [2.75, 3.05) is 23.7 Å². The van der Waals surface area contributed by atoms with Crippen LogP contribution in [0, 0.1) is 5.82 Å². The van der Waals surface area contributed by atoms with E-state index in [9.17, 15) is 17.6 Å². The first-order valence-corrected chi connectivity index (χ1v) is 12.0. The number of rotatable bonds is 6. The number of hydrogen-bond donors (Lipinski definition) is 1. The van der Waals surface area contributed by atoms with Crippen molar-refractivity contribution >= 4 is 37.4 Å². The molecule has 0 unspecified atom stereocenters. The molecule has 1 fully saturated rings. The zero-order chi connectivity index (χ0) is 21.0. The van der Waals surface area contributed by atoms with Gasteiger partial charge in [-0.2, -0.15) is 0 Å². The van der Waals surface area contributed by atoms with Crippen LogP contribution >= 0.6 is 15.9 Å². The maximum atomic E-state index is 13.3. The minimum atomic E-state index is -3.19. The fourth-order valence-electron chi connectivity index (χ4n) is 3.43. The monoisotopic (exact) mass is 482 g/mol. The van der Waals surface area contributed by atoms with Crippen LogP contribution in [0.15, 0.2) is 51.8 Å². The lowest BCUT2D eigenvalue weighted by atomic mass is 10.0. The highest BCUT2D eigenvalue weighted by molar-refractivity contribution is 9.10. The molecule has 0 aromatic heterocycles. The number of carbonyl (C=O) groups excluding carboxylic acids is 1. The van der Waals surface area contributed by atoms with Crippen molar-refractivity contribution < 1.29 is 17.6 Å². The van der Waals surface area contributed by atoms with Crippen LogP contribution < -0.4 is 10.2 Å². The predicted molar refractivity (Wildman–Crippen MR) is 115 cm³/mol. The van der Waals surface area contributed by atoms with Crippen LogP contribution in [-0.4, -0.2) is 39.2 Å². The summed E-state index contributed by atoms with van der Waals surface area (Å²) in [5, 5.41) is 3.06. The van der Waals surface area contributed by atoms with Gasteiger partial charge in [0.15, 0.2) is 9.84 Å². The van der Waals surface area contributed by atoms with Crippen LogP contribution in [0.3, 0.4) is 0 Å². The first-order valence-electron chi connectivity index (χ1n) is 9.59. The normalized spacial score (nSPS) is 15.3. The molecule has 0 bridgehead atoms. The van der Waals surface area contributed by atoms with Crippen molar-refractivity contribution in [2.45, 2.75) is 37.1 Å². The summed E-state index contributed by atoms with van der Waals surface area (Å²) >= 11 is 3.14. The third-order valence-corrected chi connectivity index (χ3v) is 7.51. The van der Waals surface area contributed by atoms with E-state index in [1.165, 1.54) is 6.07 Å². The van der Waals surface area contributed by atoms with Crippen molar-refractivity contribution in [2.24, 2.45) is 0 Å². The van der Waals surface area contributed by atoms with Crippen LogP contribution in [0.2, 0.25) is 0 Å². The number of amides is 1. The van der Waals surface area contributed by atoms with Crippen LogP contribution in [0.5, 0.6) is 0 Å². The van der Waals surface area contributed by atoms with E-state index in [1.807, 2.05) is 12.1 Å². The third-order valence-electron chi connectivity index (χ3n) is 5.15. The van der Waals surface area contributed by atoms with Gasteiger partial charge in [-0.25, -0.2) is 12.8 Å². The van der Waals surface area contributed by atoms with Crippen molar-refractivity contribution in [3.63, 3.8) is 0 Å². The molecule has 1 aliphatic rings. The molecule has 5 nitrogen and oxygen atoms in total. The molecule has 29 heavy (non-hydrogen) atoms. The van der Waals surface area contributed by atoms with Gasteiger partial charge in [0.25, 0.3) is 0 Å². The van der Waals surface area contributed by atoms with E-state index in [1.54, 1.807) is 31.2 Å². The summed E-state index contributed by atoms with van der Waals surface area (Å²) in [6.45, 7) is 3.21. The van der Waals surface area contributed by atoms with Crippen LogP contribution in [0.1, 0.15) is 25.3 Å². The molecule has 2 aromatic rings. The van der Waals surface area contributed by atoms with Gasteiger partial charge in [0.2, 0.25) is 5.91 Å². The molecular weight excluding hydrogens is 459 g/mol. The number of nitrogens with zero attached hydrogens (tertiary/aromatic N) is 1. The molecule has 1 heterocycles. The smallest absolute Gasteiger partial charge is 0.224 e. The molecule has 1 aliphatic heterocycles. The number of sulfone groups is 1. The Morgan fingerprint density at radius 2 is 1.83 bits per heavy atom. The van der Waals surface area contributed by atoms with E-state index < -0.39 is 9.84 Å². The SMILES string of the molecule is CCS(=O)(=O)c1ccc(N2CCC(NC(=O)Cc3ccc(F)c(Br)c3)CC2)cc1. The fourth-order valence-corrected chi connectivity index (χ4v) is 4.74. The summed E-state index contributed by atoms with van der Waals surface area (Å²) in [6, 6.07) is 11.7. The Kier molecular flexibility index (Phi) is 6.95. The Labute approximate surface area is 179 Å². The molecule has 0 aliphatic carbocycles. The van der Waals surface area contributed by atoms with Crippen molar-refractivity contribution in [3.8, 4) is 0 Å². The summed E-state index contributed by atoms with van der Waals surface area (Å²) in [7, 11) is -3.19. The number of anilines is 1. The maximum absolute atomic E-state index is 13.3. The van der Waals surface area contributed by atoms with Crippen molar-refractivity contribution in [1.82, 2.24) is 5.32 Å². The predicted octanol–water partition coefficient (Wildman–Crippen LogP) is 3.71. The van der Waals surface area contributed by atoms with Crippen molar-refractivity contribution in [1.29, 1.82) is 0 Å². The second kappa shape index (κ2) is 9.26. The largest absolute Gasteiger partial charge is 0.371 e. The number of halogens is 2. The Morgan fingerprint density at radius 1 is 1.17 bits per heavy atom. The van der Waals surface area contributed by atoms with Crippen LogP contribution in [0.25, 0.3) is 0 Å². The molecular formula is C21H24BrFN2O3S. The van der Waals surface area contributed by atoms with Crippen LogP contribution in [0.4, 0.5) is 10.1 Å². The molecule has 8 heteroatoms. The minimum Gasteiger partial charge on any atom is -0.371 e. The topological polar surface area (TPSA) is 66.5 Å². The molecule has 0 radical (unpaired) electrons. The Balaban J connectivity index is 1.51. The summed E-state index contributed by atoms with van der Waals surface area (Å²) in [5.41, 5.74) is 1.75. The van der Waals surface area contributed by atoms with E-state index >= 15 is 0 Å². The quantitative estimate of drug-likeness (QED) is 0.681. The highest BCUT2D eigenvalue weighted by Gasteiger charge is 2.21. The van der Waals surface area contributed by atoms with Gasteiger partial charge in [-0.05, 0) is 70.7 Å². The number of hydrogen-bond acceptors (Lipinski definition) is 4. The highest BCUT2D eigenvalue weighted by Crippen LogP contribution is 2.23. The average molecular weight is 483 g/mol. The molecule has 1 saturated heterocycles. The summed E-state index contributed by atoms with van der Waals surface area (Å²) in [5.74, 6) is -0.329. The highest BCUT2D eigenvalue weighted by atomic mass is 79.9. The molecule has 0 saturated carbocycles. The van der Waals surface area contributed by atoms with Gasteiger partial charge < -0.3 is 10.2 Å². The summed E-state index contributed by atoms with van der Waals surface area (Å²) in [4.78, 5) is 14.8.